The van der Waals surface area contributed by atoms with Gasteiger partial charge in [0.15, 0.2) is 0 Å². The molecule has 0 bridgehead atoms. The monoisotopic (exact) mass is 427 g/mol. The second kappa shape index (κ2) is 13.2. The van der Waals surface area contributed by atoms with Gasteiger partial charge in [-0.05, 0) is 4.92 Å². The quantitative estimate of drug-likeness (QED) is 0.222. The van der Waals surface area contributed by atoms with Crippen LogP contribution >= 0.6 is 0 Å². The summed E-state index contributed by atoms with van der Waals surface area (Å²) >= 11 is 0. The summed E-state index contributed by atoms with van der Waals surface area (Å²) in [6.07, 6.45) is 2.89. The van der Waals surface area contributed by atoms with Crippen LogP contribution in [0.3, 0.4) is 0 Å². The summed E-state index contributed by atoms with van der Waals surface area (Å²) in [5, 5.41) is 32.8. The van der Waals surface area contributed by atoms with E-state index in [1.54, 1.807) is 9.80 Å². The molecule has 0 saturated carbocycles. The average Bonchev–Trinajstić information content (AvgIpc) is 3.07. The van der Waals surface area contributed by atoms with Gasteiger partial charge in [-0.1, -0.05) is 4.98 Å². The van der Waals surface area contributed by atoms with Gasteiger partial charge in [-0.25, -0.2) is 4.57 Å². The van der Waals surface area contributed by atoms with E-state index in [2.05, 4.69) is 4.98 Å². The van der Waals surface area contributed by atoms with Crippen molar-refractivity contribution in [2.24, 2.45) is 0 Å². The number of nitro groups is 1. The minimum absolute atomic E-state index is 0. The number of rotatable bonds is 8. The van der Waals surface area contributed by atoms with Gasteiger partial charge in [0.25, 0.3) is 0 Å². The summed E-state index contributed by atoms with van der Waals surface area (Å²) in [5.74, 6) is -2.63. The number of aliphatic carboxylic acids is 2. The van der Waals surface area contributed by atoms with Gasteiger partial charge in [0.1, 0.15) is 12.4 Å². The molecule has 0 spiro atoms. The maximum Gasteiger partial charge on any atom is 3.00 e. The first-order chi connectivity index (χ1) is 12.8. The Labute approximate surface area is 177 Å². The van der Waals surface area contributed by atoms with E-state index in [0.29, 0.717) is 52.4 Å². The standard InChI is InChI=1S/C15H24N6O6.Al.FH/c22-13(23)11-18-5-3-17(4-6-19(8-7-18)12-14(24)25)9-10-20-2-1-16-15(20)21(26)27;;/h1-2H,3-12H2,(H,22,23)(H,24,25);;1H/q;+3;/p-3/i;;1-1. The molecule has 0 aliphatic carbocycles. The third-order valence-corrected chi connectivity index (χ3v) is 4.42. The number of aromatic nitrogens is 2. The van der Waals surface area contributed by atoms with Crippen molar-refractivity contribution in [1.82, 2.24) is 24.3 Å². The van der Waals surface area contributed by atoms with Gasteiger partial charge >= 0.3 is 23.3 Å². The first kappa shape index (κ1) is 26.9. The number of halogens is 1. The molecule has 2 rings (SSSR count). The van der Waals surface area contributed by atoms with Crippen molar-refractivity contribution in [3.8, 4) is 0 Å². The van der Waals surface area contributed by atoms with E-state index in [0.717, 1.165) is 0 Å². The Kier molecular flexibility index (Phi) is 12.2. The first-order valence-electron chi connectivity index (χ1n) is 8.57. The minimum Gasteiger partial charge on any atom is -1.00 e. The van der Waals surface area contributed by atoms with Crippen molar-refractivity contribution in [1.29, 1.82) is 0 Å². The molecule has 0 aromatic carbocycles. The second-order valence-corrected chi connectivity index (χ2v) is 6.32. The fourth-order valence-electron chi connectivity index (χ4n) is 2.99. The molecule has 14 heteroatoms. The molecule has 0 atom stereocenters. The van der Waals surface area contributed by atoms with E-state index in [4.69, 9.17) is 0 Å². The Morgan fingerprint density at radius 2 is 1.38 bits per heavy atom. The van der Waals surface area contributed by atoms with Crippen molar-refractivity contribution >= 4 is 35.2 Å². The summed E-state index contributed by atoms with van der Waals surface area (Å²) in [4.78, 5) is 41.3. The zero-order valence-electron chi connectivity index (χ0n) is 15.8. The number of carboxylic acids is 2. The molecule has 1 aliphatic rings. The normalized spacial score (nSPS) is 16.6. The van der Waals surface area contributed by atoms with Crippen molar-refractivity contribution < 1.29 is 29.4 Å². The molecule has 1 fully saturated rings. The van der Waals surface area contributed by atoms with Gasteiger partial charge in [0.2, 0.25) is 0 Å². The fraction of sp³-hybridized carbons (Fsp3) is 0.667. The van der Waals surface area contributed by atoms with Crippen molar-refractivity contribution in [3.63, 3.8) is 0 Å². The maximum atomic E-state index is 10.9. The summed E-state index contributed by atoms with van der Waals surface area (Å²) < 4.78 is 1.44. The largest absolute Gasteiger partial charge is 3.00 e. The molecular weight excluding hydrogens is 405 g/mol. The predicted molar refractivity (Wildman–Crippen MR) is 94.0 cm³/mol. The van der Waals surface area contributed by atoms with E-state index in [9.17, 15) is 29.9 Å². The Morgan fingerprint density at radius 1 is 0.931 bits per heavy atom. The van der Waals surface area contributed by atoms with Crippen LogP contribution < -0.4 is 14.9 Å². The number of hydrogen-bond acceptors (Lipinski definition) is 10. The van der Waals surface area contributed by atoms with Crippen LogP contribution in [-0.4, -0.2) is 117 Å². The van der Waals surface area contributed by atoms with Crippen LogP contribution in [0.4, 0.5) is 5.95 Å². The molecule has 29 heavy (non-hydrogen) atoms. The Bertz CT molecular complexity index is 649. The third kappa shape index (κ3) is 9.29. The Balaban J connectivity index is 0.00000392. The Hall–Kier alpha value is -2.11. The van der Waals surface area contributed by atoms with Crippen LogP contribution in [-0.2, 0) is 16.1 Å². The van der Waals surface area contributed by atoms with Gasteiger partial charge in [-0.3, -0.25) is 14.7 Å². The van der Waals surface area contributed by atoms with Crippen LogP contribution in [0.25, 0.3) is 0 Å². The molecule has 0 radical (unpaired) electrons. The third-order valence-electron chi connectivity index (χ3n) is 4.42. The van der Waals surface area contributed by atoms with Crippen LogP contribution in [0.15, 0.2) is 12.4 Å². The van der Waals surface area contributed by atoms with E-state index in [1.165, 1.54) is 17.0 Å². The molecule has 2 heterocycles. The maximum absolute atomic E-state index is 10.9. The van der Waals surface area contributed by atoms with E-state index >= 15 is 0 Å². The smallest absolute Gasteiger partial charge is 1.00 e. The van der Waals surface area contributed by atoms with Crippen LogP contribution in [0.5, 0.6) is 0 Å². The molecule has 0 N–H and O–H groups in total. The molecule has 12 nitrogen and oxygen atoms in total. The number of hydrogen-bond donors (Lipinski definition) is 0. The molecule has 158 valence electrons. The molecule has 0 unspecified atom stereocenters. The van der Waals surface area contributed by atoms with Crippen LogP contribution in [0.1, 0.15) is 0 Å². The summed E-state index contributed by atoms with van der Waals surface area (Å²) in [7, 11) is 0. The van der Waals surface area contributed by atoms with Gasteiger partial charge < -0.3 is 34.6 Å². The zero-order valence-corrected chi connectivity index (χ0v) is 17.0. The van der Waals surface area contributed by atoms with Crippen molar-refractivity contribution in [2.45, 2.75) is 6.54 Å². The number of nitrogens with zero attached hydrogens (tertiary/aromatic N) is 6. The zero-order chi connectivity index (χ0) is 19.8. The van der Waals surface area contributed by atoms with Gasteiger partial charge in [0, 0.05) is 58.9 Å². The van der Waals surface area contributed by atoms with Gasteiger partial charge in [-0.2, -0.15) is 0 Å². The number of carbonyl (C=O) groups is 2. The van der Waals surface area contributed by atoms with Gasteiger partial charge in [0.05, 0.1) is 18.5 Å². The molecule has 1 aromatic heterocycles. The van der Waals surface area contributed by atoms with E-state index in [1.807, 2.05) is 4.90 Å². The van der Waals surface area contributed by atoms with Crippen LogP contribution in [0, 0.1) is 10.1 Å². The number of carbonyl (C=O) groups excluding carboxylic acids is 2. The Morgan fingerprint density at radius 3 is 1.79 bits per heavy atom. The second-order valence-electron chi connectivity index (χ2n) is 6.32. The van der Waals surface area contributed by atoms with E-state index < -0.39 is 16.9 Å². The molecular formula is C15H22AlFN6O6. The SMILES string of the molecule is O=C([O-])CN1CCN(CCn2ccnc2[N+](=O)[O-])CCN(CC(=O)[O-])CC1.[18F-].[Al+3]. The van der Waals surface area contributed by atoms with Crippen molar-refractivity contribution in [2.75, 3.05) is 58.9 Å². The van der Waals surface area contributed by atoms with Crippen molar-refractivity contribution in [3.05, 3.63) is 22.5 Å². The topological polar surface area (TPSA) is 151 Å². The fourth-order valence-corrected chi connectivity index (χ4v) is 2.99. The molecule has 0 amide bonds. The molecule has 1 saturated heterocycles. The van der Waals surface area contributed by atoms with E-state index in [-0.39, 0.29) is 41.1 Å². The van der Waals surface area contributed by atoms with Crippen LogP contribution in [0.2, 0.25) is 0 Å². The summed E-state index contributed by atoms with van der Waals surface area (Å²) in [6.45, 7) is 3.21. The first-order valence-corrected chi connectivity index (χ1v) is 8.57. The van der Waals surface area contributed by atoms with Gasteiger partial charge in [-0.15, -0.1) is 0 Å². The molecule has 1 aromatic rings. The molecule has 1 aliphatic heterocycles. The summed E-state index contributed by atoms with van der Waals surface area (Å²) in [5.41, 5.74) is 0. The minimum atomic E-state index is -1.19. The predicted octanol–water partition coefficient (Wildman–Crippen LogP) is -7.17. The summed E-state index contributed by atoms with van der Waals surface area (Å²) in [6, 6.07) is 0. The average molecular weight is 427 g/mol. The number of carboxylic acid groups (broad SMARTS) is 2. The number of imidazole rings is 1.